The van der Waals surface area contributed by atoms with Crippen LogP contribution >= 0.6 is 0 Å². The zero-order valence-electron chi connectivity index (χ0n) is 17.9. The van der Waals surface area contributed by atoms with Crippen molar-refractivity contribution in [1.29, 1.82) is 0 Å². The summed E-state index contributed by atoms with van der Waals surface area (Å²) in [5, 5.41) is 8.29. The number of benzene rings is 2. The minimum absolute atomic E-state index is 0.157. The summed E-state index contributed by atoms with van der Waals surface area (Å²) < 4.78 is 39.8. The molecular formula is C23H24F3N5O. The third-order valence-corrected chi connectivity index (χ3v) is 5.69. The van der Waals surface area contributed by atoms with Crippen LogP contribution in [0, 0.1) is 13.8 Å². The number of carbonyl (C=O) groups is 1. The highest BCUT2D eigenvalue weighted by atomic mass is 19.4. The number of piperazine rings is 1. The zero-order chi connectivity index (χ0) is 22.9. The van der Waals surface area contributed by atoms with E-state index in [9.17, 15) is 18.0 Å². The molecule has 1 aromatic heterocycles. The number of alkyl halides is 3. The molecule has 1 saturated heterocycles. The second-order valence-corrected chi connectivity index (χ2v) is 8.04. The molecule has 0 atom stereocenters. The van der Waals surface area contributed by atoms with Crippen molar-refractivity contribution in [2.75, 3.05) is 26.2 Å². The summed E-state index contributed by atoms with van der Waals surface area (Å²) in [6, 6.07) is 13.1. The van der Waals surface area contributed by atoms with Crippen LogP contribution in [0.3, 0.4) is 0 Å². The molecule has 4 rings (SSSR count). The van der Waals surface area contributed by atoms with E-state index in [1.54, 1.807) is 9.58 Å². The quantitative estimate of drug-likeness (QED) is 0.615. The third kappa shape index (κ3) is 4.67. The number of halogens is 3. The van der Waals surface area contributed by atoms with E-state index in [-0.39, 0.29) is 5.91 Å². The monoisotopic (exact) mass is 443 g/mol. The van der Waals surface area contributed by atoms with Crippen LogP contribution in [0.4, 0.5) is 13.2 Å². The molecule has 0 unspecified atom stereocenters. The number of amides is 1. The molecule has 1 amide bonds. The van der Waals surface area contributed by atoms with E-state index in [0.29, 0.717) is 44.1 Å². The Morgan fingerprint density at radius 3 is 2.31 bits per heavy atom. The van der Waals surface area contributed by atoms with Crippen LogP contribution in [0.15, 0.2) is 48.5 Å². The van der Waals surface area contributed by atoms with Crippen LogP contribution in [0.2, 0.25) is 0 Å². The van der Waals surface area contributed by atoms with Crippen LogP contribution in [0.5, 0.6) is 0 Å². The van der Waals surface area contributed by atoms with Crippen molar-refractivity contribution in [1.82, 2.24) is 24.8 Å². The van der Waals surface area contributed by atoms with Gasteiger partial charge < -0.3 is 4.90 Å². The summed E-state index contributed by atoms with van der Waals surface area (Å²) in [6.45, 7) is 6.69. The van der Waals surface area contributed by atoms with Gasteiger partial charge in [0.05, 0.1) is 16.9 Å². The Labute approximate surface area is 184 Å². The van der Waals surface area contributed by atoms with Crippen LogP contribution in [-0.2, 0) is 12.7 Å². The van der Waals surface area contributed by atoms with Gasteiger partial charge in [-0.05, 0) is 49.2 Å². The lowest BCUT2D eigenvalue weighted by Crippen LogP contribution is -2.48. The Balaban J connectivity index is 1.37. The largest absolute Gasteiger partial charge is 0.416 e. The molecule has 0 N–H and O–H groups in total. The van der Waals surface area contributed by atoms with Gasteiger partial charge in [-0.2, -0.15) is 13.2 Å². The van der Waals surface area contributed by atoms with Crippen molar-refractivity contribution in [3.8, 4) is 5.69 Å². The van der Waals surface area contributed by atoms with Crippen molar-refractivity contribution >= 4 is 5.91 Å². The van der Waals surface area contributed by atoms with Gasteiger partial charge >= 0.3 is 6.18 Å². The molecule has 0 bridgehead atoms. The zero-order valence-corrected chi connectivity index (χ0v) is 17.9. The van der Waals surface area contributed by atoms with Crippen LogP contribution in [0.25, 0.3) is 5.69 Å². The molecule has 0 radical (unpaired) electrons. The minimum Gasteiger partial charge on any atom is -0.335 e. The Morgan fingerprint density at radius 1 is 1.00 bits per heavy atom. The molecule has 1 aliphatic rings. The standard InChI is InChI=1S/C23H24F3N5O/c1-16-4-3-5-20(14-16)31-17(2)21(27-28-31)22(32)30-12-10-29(11-13-30)15-18-6-8-19(9-7-18)23(24,25)26/h3-9,14H,10-13,15H2,1-2H3. The highest BCUT2D eigenvalue weighted by Crippen LogP contribution is 2.29. The Kier molecular flexibility index (Phi) is 6.01. The maximum Gasteiger partial charge on any atom is 0.416 e. The Hall–Kier alpha value is -3.20. The van der Waals surface area contributed by atoms with E-state index in [0.717, 1.165) is 28.9 Å². The summed E-state index contributed by atoms with van der Waals surface area (Å²) in [4.78, 5) is 16.9. The predicted molar refractivity (Wildman–Crippen MR) is 113 cm³/mol. The van der Waals surface area contributed by atoms with E-state index >= 15 is 0 Å². The molecule has 2 heterocycles. The van der Waals surface area contributed by atoms with Crippen molar-refractivity contribution in [3.63, 3.8) is 0 Å². The highest BCUT2D eigenvalue weighted by Gasteiger charge is 2.30. The predicted octanol–water partition coefficient (Wildman–Crippen LogP) is 3.86. The fourth-order valence-corrected chi connectivity index (χ4v) is 3.85. The van der Waals surface area contributed by atoms with Crippen LogP contribution < -0.4 is 0 Å². The second kappa shape index (κ2) is 8.74. The average molecular weight is 443 g/mol. The average Bonchev–Trinajstić information content (AvgIpc) is 3.15. The highest BCUT2D eigenvalue weighted by molar-refractivity contribution is 5.93. The fourth-order valence-electron chi connectivity index (χ4n) is 3.85. The molecule has 0 aliphatic carbocycles. The van der Waals surface area contributed by atoms with Gasteiger partial charge in [-0.3, -0.25) is 9.69 Å². The number of hydrogen-bond donors (Lipinski definition) is 0. The maximum atomic E-state index is 13.0. The van der Waals surface area contributed by atoms with Crippen molar-refractivity contribution < 1.29 is 18.0 Å². The molecule has 1 fully saturated rings. The van der Waals surface area contributed by atoms with Crippen molar-refractivity contribution in [3.05, 3.63) is 76.6 Å². The first-order chi connectivity index (χ1) is 15.2. The van der Waals surface area contributed by atoms with Crippen LogP contribution in [0.1, 0.15) is 32.9 Å². The summed E-state index contributed by atoms with van der Waals surface area (Å²) in [5.74, 6) is -0.157. The SMILES string of the molecule is Cc1cccc(-n2nnc(C(=O)N3CCN(Cc4ccc(C(F)(F)F)cc4)CC3)c2C)c1. The number of aryl methyl sites for hydroxylation is 1. The molecule has 0 spiro atoms. The molecule has 6 nitrogen and oxygen atoms in total. The summed E-state index contributed by atoms with van der Waals surface area (Å²) in [6.07, 6.45) is -4.33. The smallest absolute Gasteiger partial charge is 0.335 e. The molecule has 32 heavy (non-hydrogen) atoms. The van der Waals surface area contributed by atoms with Gasteiger partial charge in [-0.1, -0.05) is 29.5 Å². The molecule has 0 saturated carbocycles. The first-order valence-electron chi connectivity index (χ1n) is 10.4. The molecular weight excluding hydrogens is 419 g/mol. The second-order valence-electron chi connectivity index (χ2n) is 8.04. The van der Waals surface area contributed by atoms with Gasteiger partial charge in [-0.25, -0.2) is 4.68 Å². The van der Waals surface area contributed by atoms with Gasteiger partial charge in [-0.15, -0.1) is 5.10 Å². The summed E-state index contributed by atoms with van der Waals surface area (Å²) >= 11 is 0. The lowest BCUT2D eigenvalue weighted by Gasteiger charge is -2.34. The van der Waals surface area contributed by atoms with E-state index in [1.165, 1.54) is 12.1 Å². The van der Waals surface area contributed by atoms with Gasteiger partial charge in [0.2, 0.25) is 0 Å². The van der Waals surface area contributed by atoms with Crippen molar-refractivity contribution in [2.45, 2.75) is 26.6 Å². The minimum atomic E-state index is -4.33. The summed E-state index contributed by atoms with van der Waals surface area (Å²) in [7, 11) is 0. The molecule has 2 aromatic carbocycles. The van der Waals surface area contributed by atoms with E-state index in [1.807, 2.05) is 38.1 Å². The normalized spacial score (nSPS) is 15.2. The van der Waals surface area contributed by atoms with Gasteiger partial charge in [0.25, 0.3) is 5.91 Å². The molecule has 1 aliphatic heterocycles. The Bertz CT molecular complexity index is 1100. The van der Waals surface area contributed by atoms with Crippen molar-refractivity contribution in [2.24, 2.45) is 0 Å². The van der Waals surface area contributed by atoms with E-state index in [2.05, 4.69) is 15.2 Å². The summed E-state index contributed by atoms with van der Waals surface area (Å²) in [5.41, 5.74) is 3.14. The first kappa shape index (κ1) is 22.0. The maximum absolute atomic E-state index is 13.0. The number of nitrogens with zero attached hydrogens (tertiary/aromatic N) is 5. The number of carbonyl (C=O) groups excluding carboxylic acids is 1. The van der Waals surface area contributed by atoms with E-state index < -0.39 is 11.7 Å². The fraction of sp³-hybridized carbons (Fsp3) is 0.348. The van der Waals surface area contributed by atoms with Gasteiger partial charge in [0.1, 0.15) is 0 Å². The topological polar surface area (TPSA) is 54.3 Å². The number of hydrogen-bond acceptors (Lipinski definition) is 4. The number of aromatic nitrogens is 3. The lowest BCUT2D eigenvalue weighted by molar-refractivity contribution is -0.137. The molecule has 168 valence electrons. The first-order valence-corrected chi connectivity index (χ1v) is 10.4. The molecule has 9 heteroatoms. The molecule has 3 aromatic rings. The van der Waals surface area contributed by atoms with Gasteiger partial charge in [0, 0.05) is 32.7 Å². The Morgan fingerprint density at radius 2 is 1.69 bits per heavy atom. The van der Waals surface area contributed by atoms with Crippen LogP contribution in [-0.4, -0.2) is 56.9 Å². The third-order valence-electron chi connectivity index (χ3n) is 5.69. The lowest BCUT2D eigenvalue weighted by atomic mass is 10.1. The number of rotatable bonds is 4. The van der Waals surface area contributed by atoms with Gasteiger partial charge in [0.15, 0.2) is 5.69 Å². The van der Waals surface area contributed by atoms with E-state index in [4.69, 9.17) is 0 Å².